The first-order chi connectivity index (χ1) is 33.3. The summed E-state index contributed by atoms with van der Waals surface area (Å²) in [5.74, 6) is -0.485. The molecule has 0 saturated carbocycles. The number of hydrogen-bond donors (Lipinski definition) is 0. The van der Waals surface area contributed by atoms with Gasteiger partial charge < -0.3 is 0 Å². The molecule has 7 aromatic rings. The van der Waals surface area contributed by atoms with Gasteiger partial charge in [0.05, 0.1) is 14.5 Å². The first kappa shape index (κ1) is 51.5. The third kappa shape index (κ3) is 12.5. The first-order valence-corrected chi connectivity index (χ1v) is 27.5. The van der Waals surface area contributed by atoms with Gasteiger partial charge in [-0.15, -0.1) is 0 Å². The van der Waals surface area contributed by atoms with Gasteiger partial charge in [0.2, 0.25) is 0 Å². The van der Waals surface area contributed by atoms with Crippen molar-refractivity contribution >= 4 is 60.8 Å². The molecule has 70 heavy (non-hydrogen) atoms. The summed E-state index contributed by atoms with van der Waals surface area (Å²) in [4.78, 5) is 30.5. The van der Waals surface area contributed by atoms with Gasteiger partial charge in [0.1, 0.15) is 4.75 Å². The van der Waals surface area contributed by atoms with Crippen molar-refractivity contribution in [2.75, 3.05) is 0 Å². The van der Waals surface area contributed by atoms with Crippen LogP contribution in [0.4, 0.5) is 0 Å². The summed E-state index contributed by atoms with van der Waals surface area (Å²) in [5.41, 5.74) is 7.13. The van der Waals surface area contributed by atoms with E-state index in [1.165, 1.54) is 53.8 Å². The van der Waals surface area contributed by atoms with E-state index in [4.69, 9.17) is 0 Å². The molecule has 1 aliphatic carbocycles. The average Bonchev–Trinajstić information content (AvgIpc) is 3.36. The smallest absolute Gasteiger partial charge is 0.193 e. The highest BCUT2D eigenvalue weighted by Gasteiger charge is 2.43. The molecule has 0 heterocycles. The van der Waals surface area contributed by atoms with Gasteiger partial charge in [-0.25, -0.2) is 16.8 Å². The van der Waals surface area contributed by atoms with E-state index in [1.807, 2.05) is 88.4 Å². The summed E-state index contributed by atoms with van der Waals surface area (Å²) in [7, 11) is -7.32. The number of aryl methyl sites for hydroxylation is 2. The number of rotatable bonds is 15. The predicted octanol–water partition coefficient (Wildman–Crippen LogP) is 14.6. The second-order valence-corrected chi connectivity index (χ2v) is 25.7. The van der Waals surface area contributed by atoms with Crippen LogP contribution in [-0.4, -0.2) is 37.9 Å². The minimum absolute atomic E-state index is 0.0294. The summed E-state index contributed by atoms with van der Waals surface area (Å²) >= 11 is 3.23. The first-order valence-electron chi connectivity index (χ1n) is 22.9. The maximum absolute atomic E-state index is 13.2. The van der Waals surface area contributed by atoms with Crippen molar-refractivity contribution < 1.29 is 26.4 Å². The SMILES string of the molecule is Cc1ccc(S(=O)(=O)C(C)(C)C(=O)c2ccc(Sc3ccc(C(=O)c4ccccc4)cc3)cc2)cc1.Cc1ccc(S(=O)(=O)C(C)(C)Cc2ccc(SC3=CCC(=Cc4ccccc4)C=C3)cc2)cc1. The molecule has 356 valence electrons. The van der Waals surface area contributed by atoms with Crippen LogP contribution in [0.1, 0.15) is 82.6 Å². The Bertz CT molecular complexity index is 3260. The zero-order valence-corrected chi connectivity index (χ0v) is 43.4. The number of sulfone groups is 2. The fraction of sp³-hybridized carbons (Fsp3) is 0.167. The van der Waals surface area contributed by atoms with Gasteiger partial charge in [-0.3, -0.25) is 9.59 Å². The van der Waals surface area contributed by atoms with Crippen molar-refractivity contribution in [1.82, 2.24) is 0 Å². The highest BCUT2D eigenvalue weighted by atomic mass is 32.2. The summed E-state index contributed by atoms with van der Waals surface area (Å²) in [5, 5.41) is 0. The molecule has 0 radical (unpaired) electrons. The fourth-order valence-corrected chi connectivity index (χ4v) is 12.2. The number of benzene rings is 7. The van der Waals surface area contributed by atoms with Gasteiger partial charge in [0.15, 0.2) is 31.2 Å². The van der Waals surface area contributed by atoms with Crippen LogP contribution in [0.15, 0.2) is 235 Å². The fourth-order valence-electron chi connectivity index (χ4n) is 7.65. The average molecular weight is 1000 g/mol. The van der Waals surface area contributed by atoms with Crippen molar-refractivity contribution in [3.8, 4) is 0 Å². The molecule has 1 aliphatic rings. The lowest BCUT2D eigenvalue weighted by molar-refractivity contribution is 0.0953. The van der Waals surface area contributed by atoms with Gasteiger partial charge >= 0.3 is 0 Å². The van der Waals surface area contributed by atoms with E-state index in [1.54, 1.807) is 84.6 Å². The van der Waals surface area contributed by atoms with Crippen LogP contribution >= 0.6 is 23.5 Å². The number of hydrogen-bond acceptors (Lipinski definition) is 8. The van der Waals surface area contributed by atoms with Gasteiger partial charge in [-0.05, 0) is 150 Å². The largest absolute Gasteiger partial charge is 0.292 e. The highest BCUT2D eigenvalue weighted by molar-refractivity contribution is 8.03. The highest BCUT2D eigenvalue weighted by Crippen LogP contribution is 2.35. The molecule has 0 saturated heterocycles. The molecular formula is C60H56O6S4. The topological polar surface area (TPSA) is 102 Å². The monoisotopic (exact) mass is 1000 g/mol. The minimum Gasteiger partial charge on any atom is -0.292 e. The molecule has 0 atom stereocenters. The van der Waals surface area contributed by atoms with E-state index in [-0.39, 0.29) is 10.7 Å². The Morgan fingerprint density at radius 2 is 0.971 bits per heavy atom. The van der Waals surface area contributed by atoms with Crippen LogP contribution in [-0.2, 0) is 26.1 Å². The maximum atomic E-state index is 13.2. The zero-order chi connectivity index (χ0) is 50.1. The van der Waals surface area contributed by atoms with Crippen molar-refractivity contribution in [1.29, 1.82) is 0 Å². The predicted molar refractivity (Wildman–Crippen MR) is 288 cm³/mol. The van der Waals surface area contributed by atoms with Gasteiger partial charge in [0.25, 0.3) is 0 Å². The number of carbonyl (C=O) groups is 2. The zero-order valence-electron chi connectivity index (χ0n) is 40.1. The van der Waals surface area contributed by atoms with Gasteiger partial charge in [-0.2, -0.15) is 0 Å². The van der Waals surface area contributed by atoms with Crippen LogP contribution in [0.25, 0.3) is 6.08 Å². The molecule has 0 amide bonds. The summed E-state index contributed by atoms with van der Waals surface area (Å²) in [6.45, 7) is 10.4. The summed E-state index contributed by atoms with van der Waals surface area (Å²) in [6.07, 6.45) is 10.2. The number of thioether (sulfide) groups is 1. The van der Waals surface area contributed by atoms with Gasteiger partial charge in [-0.1, -0.05) is 162 Å². The van der Waals surface area contributed by atoms with Crippen LogP contribution in [0.2, 0.25) is 0 Å². The lowest BCUT2D eigenvalue weighted by Crippen LogP contribution is -2.40. The van der Waals surface area contributed by atoms with E-state index in [0.717, 1.165) is 37.8 Å². The standard InChI is InChI=1S/C30H26O4S2.C30H30O2S2/c1-21-9-19-27(20-10-21)36(33,34)30(2,3)29(32)24-13-17-26(18-14-24)35-25-15-11-23(12-16-25)28(31)22-7-5-4-6-8-22;1-23-9-19-29(20-10-23)34(31,32)30(2,3)22-26-13-17-28(18-14-26)33-27-15-11-25(12-16-27)21-24-7-5-4-6-8-24/h4-20H,1-3H3;4-11,13-21H,12,22H2,1-3H3. The van der Waals surface area contributed by atoms with Crippen LogP contribution in [0, 0.1) is 13.8 Å². The summed E-state index contributed by atoms with van der Waals surface area (Å²) < 4.78 is 50.3. The molecule has 0 N–H and O–H groups in total. The van der Waals surface area contributed by atoms with Crippen LogP contribution in [0.5, 0.6) is 0 Å². The van der Waals surface area contributed by atoms with Crippen LogP contribution in [0.3, 0.4) is 0 Å². The maximum Gasteiger partial charge on any atom is 0.193 e. The van der Waals surface area contributed by atoms with E-state index in [0.29, 0.717) is 28.0 Å². The minimum atomic E-state index is -3.87. The third-order valence-electron chi connectivity index (χ3n) is 12.1. The Morgan fingerprint density at radius 1 is 0.514 bits per heavy atom. The number of allylic oxidation sites excluding steroid dienone is 4. The Balaban J connectivity index is 0.000000207. The quantitative estimate of drug-likeness (QED) is 0.0936. The van der Waals surface area contributed by atoms with Crippen molar-refractivity contribution in [2.45, 2.75) is 88.4 Å². The molecule has 7 aromatic carbocycles. The third-order valence-corrected chi connectivity index (χ3v) is 19.0. The molecule has 10 heteroatoms. The van der Waals surface area contributed by atoms with Crippen molar-refractivity contribution in [3.05, 3.63) is 250 Å². The Labute approximate surface area is 422 Å². The molecule has 0 spiro atoms. The van der Waals surface area contributed by atoms with Crippen molar-refractivity contribution in [2.24, 2.45) is 0 Å². The van der Waals surface area contributed by atoms with E-state index in [2.05, 4.69) is 60.7 Å². The number of Topliss-reactive ketones (excluding diaryl/α,β-unsaturated/α-hetero) is 1. The van der Waals surface area contributed by atoms with E-state index < -0.39 is 35.0 Å². The Morgan fingerprint density at radius 3 is 1.49 bits per heavy atom. The van der Waals surface area contributed by atoms with Crippen LogP contribution < -0.4 is 0 Å². The Kier molecular flexibility index (Phi) is 16.3. The molecule has 8 rings (SSSR count). The lowest BCUT2D eigenvalue weighted by Gasteiger charge is -2.25. The molecule has 6 nitrogen and oxygen atoms in total. The second-order valence-electron chi connectivity index (χ2n) is 18.3. The van der Waals surface area contributed by atoms with Crippen molar-refractivity contribution in [3.63, 3.8) is 0 Å². The normalized spacial score (nSPS) is 13.5. The number of ketones is 2. The summed E-state index contributed by atoms with van der Waals surface area (Å²) in [6, 6.07) is 55.7. The second kappa shape index (κ2) is 22.2. The molecular weight excluding hydrogens is 945 g/mol. The lowest BCUT2D eigenvalue weighted by atomic mass is 10.0. The number of carbonyl (C=O) groups excluding carboxylic acids is 2. The Hall–Kier alpha value is -6.30. The van der Waals surface area contributed by atoms with E-state index in [9.17, 15) is 26.4 Å². The molecule has 0 aliphatic heterocycles. The van der Waals surface area contributed by atoms with Gasteiger partial charge in [0, 0.05) is 36.3 Å². The molecule has 0 fully saturated rings. The molecule has 0 bridgehead atoms. The molecule has 0 aromatic heterocycles. The molecule has 0 unspecified atom stereocenters. The van der Waals surface area contributed by atoms with E-state index >= 15 is 0 Å².